The Hall–Kier alpha value is -1.61. The molecule has 0 fully saturated rings. The number of halogens is 1. The fourth-order valence-electron chi connectivity index (χ4n) is 2.58. The number of nitrogens with zero attached hydrogens (tertiary/aromatic N) is 2. The zero-order valence-corrected chi connectivity index (χ0v) is 16.2. The summed E-state index contributed by atoms with van der Waals surface area (Å²) in [5.41, 5.74) is 8.78. The molecule has 2 N–H and O–H groups in total. The van der Waals surface area contributed by atoms with Crippen molar-refractivity contribution in [2.75, 3.05) is 5.73 Å². The molecule has 5 nitrogen and oxygen atoms in total. The van der Waals surface area contributed by atoms with Gasteiger partial charge in [-0.05, 0) is 12.1 Å². The van der Waals surface area contributed by atoms with Gasteiger partial charge in [0, 0.05) is 26.9 Å². The van der Waals surface area contributed by atoms with Crippen LogP contribution in [0.5, 0.6) is 5.75 Å². The van der Waals surface area contributed by atoms with E-state index >= 15 is 0 Å². The molecule has 1 aromatic heterocycles. The highest BCUT2D eigenvalue weighted by Gasteiger charge is 2.25. The predicted octanol–water partition coefficient (Wildman–Crippen LogP) is 4.78. The largest absolute Gasteiger partial charge is 0.460 e. The predicted molar refractivity (Wildman–Crippen MR) is 103 cm³/mol. The topological polar surface area (TPSA) is 70.3 Å². The minimum Gasteiger partial charge on any atom is -0.460 e. The highest BCUT2D eigenvalue weighted by molar-refractivity contribution is 9.10. The second kappa shape index (κ2) is 7.33. The quantitative estimate of drug-likeness (QED) is 0.594. The first kappa shape index (κ1) is 16.8. The van der Waals surface area contributed by atoms with Crippen molar-refractivity contribution in [1.82, 2.24) is 10.2 Å². The van der Waals surface area contributed by atoms with E-state index in [0.29, 0.717) is 11.7 Å². The smallest absolute Gasteiger partial charge is 0.227 e. The van der Waals surface area contributed by atoms with E-state index in [2.05, 4.69) is 32.2 Å². The van der Waals surface area contributed by atoms with Crippen LogP contribution in [0.2, 0.25) is 0 Å². The average molecular weight is 436 g/mol. The summed E-state index contributed by atoms with van der Waals surface area (Å²) in [5.74, 6) is 1.60. The van der Waals surface area contributed by atoms with Gasteiger partial charge in [0.05, 0.1) is 6.61 Å². The second-order valence-corrected chi connectivity index (χ2v) is 8.57. The van der Waals surface area contributed by atoms with Gasteiger partial charge in [0.15, 0.2) is 4.34 Å². The first-order valence-electron chi connectivity index (χ1n) is 7.55. The van der Waals surface area contributed by atoms with Gasteiger partial charge in [-0.2, -0.15) is 0 Å². The van der Waals surface area contributed by atoms with E-state index in [9.17, 15) is 0 Å². The highest BCUT2D eigenvalue weighted by atomic mass is 79.9. The van der Waals surface area contributed by atoms with Crippen LogP contribution in [0.4, 0.5) is 5.13 Å². The van der Waals surface area contributed by atoms with Crippen LogP contribution < -0.4 is 10.5 Å². The third kappa shape index (κ3) is 3.82. The van der Waals surface area contributed by atoms with Gasteiger partial charge in [0.25, 0.3) is 0 Å². The van der Waals surface area contributed by atoms with Gasteiger partial charge in [0.2, 0.25) is 11.4 Å². The molecule has 0 spiro atoms. The number of thioether (sulfide) groups is 1. The third-order valence-electron chi connectivity index (χ3n) is 3.67. The molecular weight excluding hydrogens is 422 g/mol. The fourth-order valence-corrected chi connectivity index (χ4v) is 4.73. The Balaban J connectivity index is 1.59. The maximum Gasteiger partial charge on any atom is 0.227 e. The van der Waals surface area contributed by atoms with Crippen LogP contribution in [0.25, 0.3) is 0 Å². The summed E-state index contributed by atoms with van der Waals surface area (Å²) < 4.78 is 13.9. The molecule has 2 aromatic carbocycles. The van der Waals surface area contributed by atoms with E-state index in [1.165, 1.54) is 11.3 Å². The van der Waals surface area contributed by atoms with Gasteiger partial charge in [-0.1, -0.05) is 69.4 Å². The summed E-state index contributed by atoms with van der Waals surface area (Å²) in [4.78, 5) is 0. The zero-order valence-electron chi connectivity index (χ0n) is 13.0. The molecule has 1 atom stereocenters. The lowest BCUT2D eigenvalue weighted by Crippen LogP contribution is -2.19. The summed E-state index contributed by atoms with van der Waals surface area (Å²) in [6.07, 6.45) is -0.393. The summed E-state index contributed by atoms with van der Waals surface area (Å²) >= 11 is 6.55. The van der Waals surface area contributed by atoms with Crippen LogP contribution >= 0.6 is 39.0 Å². The molecule has 128 valence electrons. The Kier molecular flexibility index (Phi) is 4.93. The van der Waals surface area contributed by atoms with Crippen LogP contribution in [0, 0.1) is 0 Å². The molecular formula is C17H14BrN3O2S2. The SMILES string of the molecule is Nc1nnc(SCc2cc(Br)cc3c2O[C@@H](c2ccccc2)OC3)s1. The lowest BCUT2D eigenvalue weighted by atomic mass is 10.1. The van der Waals surface area contributed by atoms with Crippen molar-refractivity contribution >= 4 is 44.2 Å². The van der Waals surface area contributed by atoms with Gasteiger partial charge in [0.1, 0.15) is 5.75 Å². The summed E-state index contributed by atoms with van der Waals surface area (Å²) in [6.45, 7) is 0.512. The van der Waals surface area contributed by atoms with Crippen LogP contribution in [0.15, 0.2) is 51.3 Å². The molecule has 8 heteroatoms. The molecule has 1 aliphatic heterocycles. The van der Waals surface area contributed by atoms with Crippen molar-refractivity contribution in [3.8, 4) is 5.75 Å². The molecule has 25 heavy (non-hydrogen) atoms. The van der Waals surface area contributed by atoms with Crippen molar-refractivity contribution < 1.29 is 9.47 Å². The van der Waals surface area contributed by atoms with Gasteiger partial charge >= 0.3 is 0 Å². The van der Waals surface area contributed by atoms with E-state index in [0.717, 1.165) is 37.0 Å². The lowest BCUT2D eigenvalue weighted by Gasteiger charge is -2.28. The van der Waals surface area contributed by atoms with Crippen LogP contribution in [0.1, 0.15) is 23.0 Å². The van der Waals surface area contributed by atoms with E-state index in [4.69, 9.17) is 15.2 Å². The van der Waals surface area contributed by atoms with Crippen LogP contribution in [-0.4, -0.2) is 10.2 Å². The molecule has 0 aliphatic carbocycles. The number of rotatable bonds is 4. The zero-order chi connectivity index (χ0) is 17.2. The van der Waals surface area contributed by atoms with E-state index < -0.39 is 6.29 Å². The molecule has 2 heterocycles. The Bertz CT molecular complexity index is 889. The number of hydrogen-bond acceptors (Lipinski definition) is 7. The normalized spacial score (nSPS) is 16.3. The number of nitrogens with two attached hydrogens (primary N) is 1. The Morgan fingerprint density at radius 2 is 2.08 bits per heavy atom. The molecule has 0 saturated heterocycles. The molecule has 0 unspecified atom stereocenters. The number of ether oxygens (including phenoxy) is 2. The molecule has 4 rings (SSSR count). The minimum absolute atomic E-state index is 0.393. The summed E-state index contributed by atoms with van der Waals surface area (Å²) in [7, 11) is 0. The number of hydrogen-bond donors (Lipinski definition) is 1. The summed E-state index contributed by atoms with van der Waals surface area (Å²) in [5, 5.41) is 8.39. The van der Waals surface area contributed by atoms with E-state index in [1.807, 2.05) is 36.4 Å². The Morgan fingerprint density at radius 1 is 1.24 bits per heavy atom. The first-order valence-corrected chi connectivity index (χ1v) is 10.1. The maximum absolute atomic E-state index is 6.18. The number of aromatic nitrogens is 2. The van der Waals surface area contributed by atoms with E-state index in [1.54, 1.807) is 11.8 Å². The molecule has 0 saturated carbocycles. The molecule has 0 radical (unpaired) electrons. The number of benzene rings is 2. The first-order chi connectivity index (χ1) is 12.2. The monoisotopic (exact) mass is 435 g/mol. The van der Waals surface area contributed by atoms with Gasteiger partial charge in [-0.15, -0.1) is 10.2 Å². The molecule has 0 bridgehead atoms. The number of nitrogen functional groups attached to an aromatic ring is 1. The van der Waals surface area contributed by atoms with E-state index in [-0.39, 0.29) is 0 Å². The Morgan fingerprint density at radius 3 is 2.84 bits per heavy atom. The third-order valence-corrected chi connectivity index (χ3v) is 6.06. The number of anilines is 1. The summed E-state index contributed by atoms with van der Waals surface area (Å²) in [6, 6.07) is 14.1. The average Bonchev–Trinajstić information content (AvgIpc) is 3.05. The van der Waals surface area contributed by atoms with Crippen LogP contribution in [0.3, 0.4) is 0 Å². The van der Waals surface area contributed by atoms with Gasteiger partial charge in [-0.3, -0.25) is 0 Å². The molecule has 3 aromatic rings. The lowest BCUT2D eigenvalue weighted by molar-refractivity contribution is -0.111. The molecule has 0 amide bonds. The maximum atomic E-state index is 6.18. The van der Waals surface area contributed by atoms with Crippen molar-refractivity contribution in [1.29, 1.82) is 0 Å². The highest BCUT2D eigenvalue weighted by Crippen LogP contribution is 2.40. The van der Waals surface area contributed by atoms with Crippen molar-refractivity contribution in [3.63, 3.8) is 0 Å². The van der Waals surface area contributed by atoms with Gasteiger partial charge in [-0.25, -0.2) is 0 Å². The number of fused-ring (bicyclic) bond motifs is 1. The van der Waals surface area contributed by atoms with Crippen molar-refractivity contribution in [2.24, 2.45) is 0 Å². The standard InChI is InChI=1S/C17H14BrN3O2S2/c18-13-6-11-8-22-15(10-4-2-1-3-5-10)23-14(11)12(7-13)9-24-17-21-20-16(19)25-17/h1-7,15H,8-9H2,(H2,19,20)/t15-/m0/s1. The van der Waals surface area contributed by atoms with Crippen LogP contribution in [-0.2, 0) is 17.1 Å². The fraction of sp³-hybridized carbons (Fsp3) is 0.176. The Labute approximate surface area is 161 Å². The molecule has 1 aliphatic rings. The van der Waals surface area contributed by atoms with Gasteiger partial charge < -0.3 is 15.2 Å². The van der Waals surface area contributed by atoms with Crippen molar-refractivity contribution in [3.05, 3.63) is 63.6 Å². The second-order valence-electron chi connectivity index (χ2n) is 5.42. The minimum atomic E-state index is -0.393. The van der Waals surface area contributed by atoms with Crippen molar-refractivity contribution in [2.45, 2.75) is 23.0 Å².